The molecule has 12 heavy (non-hydrogen) atoms. The van der Waals surface area contributed by atoms with E-state index in [2.05, 4.69) is 10.3 Å². The minimum atomic E-state index is -0.0627. The van der Waals surface area contributed by atoms with E-state index in [0.717, 1.165) is 0 Å². The molecule has 6 nitrogen and oxygen atoms in total. The van der Waals surface area contributed by atoms with Crippen LogP contribution in [0.3, 0.4) is 0 Å². The van der Waals surface area contributed by atoms with Gasteiger partial charge in [0.15, 0.2) is 0 Å². The topological polar surface area (TPSA) is 99.7 Å². The van der Waals surface area contributed by atoms with E-state index in [1.165, 1.54) is 6.92 Å². The maximum atomic E-state index is 10.4. The molecule has 1 amide bonds. The third-order valence-corrected chi connectivity index (χ3v) is 1.11. The molecule has 0 radical (unpaired) electrons. The average molecular weight is 174 g/mol. The predicted octanol–water partition coefficient (Wildman–Crippen LogP) is -1.19. The zero-order valence-corrected chi connectivity index (χ0v) is 7.00. The summed E-state index contributed by atoms with van der Waals surface area (Å²) < 4.78 is 0. The number of nitrogens with zero attached hydrogens (tertiary/aromatic N) is 1. The fourth-order valence-corrected chi connectivity index (χ4v) is 0.578. The van der Waals surface area contributed by atoms with Gasteiger partial charge in [0.25, 0.3) is 0 Å². The number of nitrogens with one attached hydrogen (secondary N) is 2. The monoisotopic (exact) mass is 174 g/mol. The fourth-order valence-electron chi connectivity index (χ4n) is 0.578. The molecule has 0 aromatic rings. The van der Waals surface area contributed by atoms with Gasteiger partial charge < -0.3 is 11.1 Å². The summed E-state index contributed by atoms with van der Waals surface area (Å²) in [6.45, 7) is 2.49. The van der Waals surface area contributed by atoms with E-state index in [1.807, 2.05) is 0 Å². The molecule has 0 atom stereocenters. The van der Waals surface area contributed by atoms with Crippen LogP contribution < -0.4 is 16.5 Å². The van der Waals surface area contributed by atoms with E-state index in [9.17, 15) is 4.79 Å². The van der Waals surface area contributed by atoms with Crippen molar-refractivity contribution in [3.05, 3.63) is 0 Å². The van der Waals surface area contributed by atoms with Crippen LogP contribution in [0.1, 0.15) is 13.3 Å². The third kappa shape index (κ3) is 6.81. The maximum absolute atomic E-state index is 10.4. The predicted molar refractivity (Wildman–Crippen MR) is 44.7 cm³/mol. The van der Waals surface area contributed by atoms with Crippen molar-refractivity contribution in [3.8, 4) is 0 Å². The van der Waals surface area contributed by atoms with Gasteiger partial charge in [-0.3, -0.25) is 15.0 Å². The average Bonchev–Trinajstić information content (AvgIpc) is 2.03. The van der Waals surface area contributed by atoms with Crippen LogP contribution in [0.5, 0.6) is 0 Å². The number of hydrogen-bond acceptors (Lipinski definition) is 3. The number of carbonyl (C=O) groups excluding carboxylic acids is 1. The molecule has 0 saturated carbocycles. The number of amides is 1. The maximum Gasteiger partial charge on any atom is 0.216 e. The summed E-state index contributed by atoms with van der Waals surface area (Å²) in [7, 11) is 0. The first-order chi connectivity index (χ1) is 5.66. The fraction of sp³-hybridized carbons (Fsp3) is 0.667. The van der Waals surface area contributed by atoms with Crippen LogP contribution in [0.2, 0.25) is 0 Å². The molecule has 0 aromatic carbocycles. The largest absolute Gasteiger partial charge is 0.368 e. The SMILES string of the molecule is CC(=O)NCCCN=C(N)NO. The van der Waals surface area contributed by atoms with Gasteiger partial charge in [-0.1, -0.05) is 0 Å². The van der Waals surface area contributed by atoms with Gasteiger partial charge >= 0.3 is 0 Å². The molecule has 0 rings (SSSR count). The molecule has 0 fully saturated rings. The Bertz CT molecular complexity index is 169. The van der Waals surface area contributed by atoms with Crippen molar-refractivity contribution in [3.63, 3.8) is 0 Å². The van der Waals surface area contributed by atoms with Crippen molar-refractivity contribution in [1.82, 2.24) is 10.8 Å². The Morgan fingerprint density at radius 1 is 1.67 bits per heavy atom. The minimum Gasteiger partial charge on any atom is -0.368 e. The lowest BCUT2D eigenvalue weighted by atomic mass is 10.4. The van der Waals surface area contributed by atoms with Crippen LogP contribution in [0.4, 0.5) is 0 Å². The van der Waals surface area contributed by atoms with Crippen LogP contribution in [0.15, 0.2) is 4.99 Å². The first kappa shape index (κ1) is 10.7. The number of nitrogens with two attached hydrogens (primary N) is 1. The molecule has 5 N–H and O–H groups in total. The Morgan fingerprint density at radius 3 is 2.83 bits per heavy atom. The zero-order valence-electron chi connectivity index (χ0n) is 7.00. The number of rotatable bonds is 4. The summed E-state index contributed by atoms with van der Waals surface area (Å²) in [6.07, 6.45) is 0.696. The van der Waals surface area contributed by atoms with Gasteiger partial charge in [0.05, 0.1) is 0 Å². The molecular formula is C6H14N4O2. The van der Waals surface area contributed by atoms with Crippen molar-refractivity contribution in [2.75, 3.05) is 13.1 Å². The lowest BCUT2D eigenvalue weighted by Gasteiger charge is -1.99. The molecular weight excluding hydrogens is 160 g/mol. The Kier molecular flexibility index (Phi) is 5.72. The molecule has 0 unspecified atom stereocenters. The Morgan fingerprint density at radius 2 is 2.33 bits per heavy atom. The molecule has 0 spiro atoms. The lowest BCUT2D eigenvalue weighted by Crippen LogP contribution is -2.29. The summed E-state index contributed by atoms with van der Waals surface area (Å²) >= 11 is 0. The van der Waals surface area contributed by atoms with Gasteiger partial charge in [-0.15, -0.1) is 0 Å². The Labute approximate surface area is 70.8 Å². The zero-order chi connectivity index (χ0) is 9.40. The molecule has 0 saturated heterocycles. The second-order valence-electron chi connectivity index (χ2n) is 2.22. The Balaban J connectivity index is 3.27. The van der Waals surface area contributed by atoms with E-state index in [-0.39, 0.29) is 11.9 Å². The molecule has 0 aliphatic rings. The van der Waals surface area contributed by atoms with E-state index in [1.54, 1.807) is 5.48 Å². The van der Waals surface area contributed by atoms with Crippen molar-refractivity contribution in [2.45, 2.75) is 13.3 Å². The Hall–Kier alpha value is -1.30. The van der Waals surface area contributed by atoms with Crippen LogP contribution in [-0.4, -0.2) is 30.2 Å². The summed E-state index contributed by atoms with van der Waals surface area (Å²) in [4.78, 5) is 14.1. The molecule has 0 bridgehead atoms. The van der Waals surface area contributed by atoms with Crippen molar-refractivity contribution in [1.29, 1.82) is 0 Å². The highest BCUT2D eigenvalue weighted by Crippen LogP contribution is 1.78. The number of guanidine groups is 1. The standard InChI is InChI=1S/C6H14N4O2/c1-5(11)8-3-2-4-9-6(7)10-12/h12H,2-4H2,1H3,(H,8,11)(H3,7,9,10). The third-order valence-electron chi connectivity index (χ3n) is 1.11. The number of carbonyl (C=O) groups is 1. The smallest absolute Gasteiger partial charge is 0.216 e. The molecule has 0 aromatic heterocycles. The first-order valence-corrected chi connectivity index (χ1v) is 3.61. The van der Waals surface area contributed by atoms with Crippen LogP contribution in [0.25, 0.3) is 0 Å². The normalized spacial score (nSPS) is 11.0. The number of aliphatic imine (C=N–C) groups is 1. The summed E-state index contributed by atoms with van der Waals surface area (Å²) in [5.74, 6) is -0.0786. The first-order valence-electron chi connectivity index (χ1n) is 3.61. The van der Waals surface area contributed by atoms with Crippen molar-refractivity contribution in [2.24, 2.45) is 10.7 Å². The molecule has 0 aliphatic heterocycles. The highest BCUT2D eigenvalue weighted by atomic mass is 16.5. The van der Waals surface area contributed by atoms with E-state index < -0.39 is 0 Å². The minimum absolute atomic E-state index is 0.0159. The van der Waals surface area contributed by atoms with Gasteiger partial charge in [-0.25, -0.2) is 5.48 Å². The second kappa shape index (κ2) is 6.41. The molecule has 70 valence electrons. The number of hydrogen-bond donors (Lipinski definition) is 4. The van der Waals surface area contributed by atoms with E-state index in [4.69, 9.17) is 10.9 Å². The number of hydroxylamine groups is 1. The van der Waals surface area contributed by atoms with Gasteiger partial charge in [0, 0.05) is 20.0 Å². The van der Waals surface area contributed by atoms with Crippen molar-refractivity contribution >= 4 is 11.9 Å². The summed E-state index contributed by atoms with van der Waals surface area (Å²) in [5, 5.41) is 10.8. The highest BCUT2D eigenvalue weighted by Gasteiger charge is 1.90. The second-order valence-corrected chi connectivity index (χ2v) is 2.22. The van der Waals surface area contributed by atoms with E-state index >= 15 is 0 Å². The van der Waals surface area contributed by atoms with Crippen LogP contribution in [-0.2, 0) is 4.79 Å². The molecule has 6 heteroatoms. The summed E-state index contributed by atoms with van der Waals surface area (Å²) in [6, 6.07) is 0. The quantitative estimate of drug-likeness (QED) is 0.186. The van der Waals surface area contributed by atoms with E-state index in [0.29, 0.717) is 19.5 Å². The van der Waals surface area contributed by atoms with Crippen LogP contribution >= 0.6 is 0 Å². The molecule has 0 aliphatic carbocycles. The van der Waals surface area contributed by atoms with Crippen LogP contribution in [0, 0.1) is 0 Å². The van der Waals surface area contributed by atoms with Gasteiger partial charge in [-0.05, 0) is 6.42 Å². The van der Waals surface area contributed by atoms with Crippen molar-refractivity contribution < 1.29 is 10.0 Å². The van der Waals surface area contributed by atoms with Gasteiger partial charge in [0.2, 0.25) is 11.9 Å². The van der Waals surface area contributed by atoms with Gasteiger partial charge in [0.1, 0.15) is 0 Å². The highest BCUT2D eigenvalue weighted by molar-refractivity contribution is 5.76. The lowest BCUT2D eigenvalue weighted by molar-refractivity contribution is -0.118. The van der Waals surface area contributed by atoms with Gasteiger partial charge in [-0.2, -0.15) is 0 Å². The molecule has 0 heterocycles. The summed E-state index contributed by atoms with van der Waals surface area (Å²) in [5.41, 5.74) is 6.82.